The van der Waals surface area contributed by atoms with Gasteiger partial charge in [0.15, 0.2) is 12.4 Å². The molecule has 1 fully saturated rings. The van der Waals surface area contributed by atoms with E-state index in [1.165, 1.54) is 21.3 Å². The van der Waals surface area contributed by atoms with E-state index in [2.05, 4.69) is 10.1 Å². The first kappa shape index (κ1) is 19.1. The molecule has 0 N–H and O–H groups in total. The van der Waals surface area contributed by atoms with E-state index in [-0.39, 0.29) is 47.8 Å². The van der Waals surface area contributed by atoms with Crippen molar-refractivity contribution in [2.45, 2.75) is 18.4 Å². The Balaban J connectivity index is 1.70. The molecular weight excluding hydrogens is 412 g/mol. The van der Waals surface area contributed by atoms with E-state index < -0.39 is 10.0 Å². The number of hydrogen-bond acceptors (Lipinski definition) is 8. The topological polar surface area (TPSA) is 115 Å². The molecule has 0 spiro atoms. The molecule has 1 saturated heterocycles. The summed E-state index contributed by atoms with van der Waals surface area (Å²) in [5, 5.41) is 3.79. The van der Waals surface area contributed by atoms with E-state index in [1.54, 1.807) is 6.92 Å². The van der Waals surface area contributed by atoms with Crippen molar-refractivity contribution in [1.82, 2.24) is 14.4 Å². The summed E-state index contributed by atoms with van der Waals surface area (Å²) in [6, 6.07) is 2.76. The third kappa shape index (κ3) is 3.46. The number of sulfonamides is 1. The van der Waals surface area contributed by atoms with Gasteiger partial charge in [0.1, 0.15) is 10.6 Å². The molecule has 2 aromatic rings. The van der Waals surface area contributed by atoms with Crippen molar-refractivity contribution in [2.24, 2.45) is 0 Å². The summed E-state index contributed by atoms with van der Waals surface area (Å²) in [5.74, 6) is 0.617. The maximum absolute atomic E-state index is 13.0. The minimum absolute atomic E-state index is 0.00201. The number of anilines is 1. The summed E-state index contributed by atoms with van der Waals surface area (Å²) in [6.07, 6.45) is 0. The second-order valence-corrected chi connectivity index (χ2v) is 8.58. The number of ether oxygens (including phenoxy) is 2. The highest BCUT2D eigenvalue weighted by Crippen LogP contribution is 2.40. The van der Waals surface area contributed by atoms with Crippen molar-refractivity contribution in [3.8, 4) is 5.75 Å². The van der Waals surface area contributed by atoms with Gasteiger partial charge in [0.2, 0.25) is 15.9 Å². The Kier molecular flexibility index (Phi) is 5.00. The average Bonchev–Trinajstić information content (AvgIpc) is 3.09. The largest absolute Gasteiger partial charge is 0.482 e. The molecule has 1 aromatic carbocycles. The van der Waals surface area contributed by atoms with Crippen molar-refractivity contribution in [2.75, 3.05) is 37.8 Å². The first-order chi connectivity index (χ1) is 13.4. The minimum Gasteiger partial charge on any atom is -0.482 e. The van der Waals surface area contributed by atoms with E-state index in [0.717, 1.165) is 0 Å². The lowest BCUT2D eigenvalue weighted by Crippen LogP contribution is -2.41. The van der Waals surface area contributed by atoms with Crippen LogP contribution in [-0.4, -0.2) is 61.7 Å². The van der Waals surface area contributed by atoms with Crippen LogP contribution in [0.4, 0.5) is 5.69 Å². The fourth-order valence-electron chi connectivity index (χ4n) is 3.05. The number of nitrogens with zero attached hydrogens (tertiary/aromatic N) is 4. The predicted molar refractivity (Wildman–Crippen MR) is 96.7 cm³/mol. The Morgan fingerprint density at radius 3 is 2.68 bits per heavy atom. The average molecular weight is 429 g/mol. The zero-order valence-corrected chi connectivity index (χ0v) is 16.5. The van der Waals surface area contributed by atoms with E-state index >= 15 is 0 Å². The molecule has 0 atom stereocenters. The fourth-order valence-corrected chi connectivity index (χ4v) is 4.97. The second-order valence-electron chi connectivity index (χ2n) is 6.26. The van der Waals surface area contributed by atoms with E-state index in [9.17, 15) is 13.2 Å². The van der Waals surface area contributed by atoms with Gasteiger partial charge in [-0.3, -0.25) is 9.69 Å². The molecule has 0 bridgehead atoms. The van der Waals surface area contributed by atoms with Gasteiger partial charge in [-0.05, 0) is 6.07 Å². The second kappa shape index (κ2) is 7.32. The van der Waals surface area contributed by atoms with Gasteiger partial charge in [0.05, 0.1) is 30.5 Å². The third-order valence-electron chi connectivity index (χ3n) is 4.41. The summed E-state index contributed by atoms with van der Waals surface area (Å²) >= 11 is 6.30. The lowest BCUT2D eigenvalue weighted by atomic mass is 10.2. The molecule has 0 aliphatic carbocycles. The number of hydrogen-bond donors (Lipinski definition) is 0. The number of halogens is 1. The van der Waals surface area contributed by atoms with E-state index in [0.29, 0.717) is 30.6 Å². The van der Waals surface area contributed by atoms with Gasteiger partial charge in [0, 0.05) is 26.1 Å². The number of amides is 1. The van der Waals surface area contributed by atoms with E-state index in [1.807, 2.05) is 0 Å². The Morgan fingerprint density at radius 2 is 2.00 bits per heavy atom. The van der Waals surface area contributed by atoms with Crippen molar-refractivity contribution < 1.29 is 27.2 Å². The van der Waals surface area contributed by atoms with Gasteiger partial charge >= 0.3 is 0 Å². The zero-order valence-electron chi connectivity index (χ0n) is 14.9. The van der Waals surface area contributed by atoms with Crippen LogP contribution in [0.25, 0.3) is 0 Å². The molecular formula is C16H17ClN4O6S. The summed E-state index contributed by atoms with van der Waals surface area (Å²) in [7, 11) is -3.81. The molecule has 3 heterocycles. The van der Waals surface area contributed by atoms with Crippen molar-refractivity contribution in [3.05, 3.63) is 28.9 Å². The van der Waals surface area contributed by atoms with Crippen LogP contribution >= 0.6 is 11.6 Å². The Hall–Kier alpha value is -2.21. The highest BCUT2D eigenvalue weighted by molar-refractivity contribution is 7.89. The number of carbonyl (C=O) groups excluding carboxylic acids is 1. The van der Waals surface area contributed by atoms with Crippen LogP contribution in [0.2, 0.25) is 5.02 Å². The zero-order chi connectivity index (χ0) is 19.9. The summed E-state index contributed by atoms with van der Waals surface area (Å²) in [5.41, 5.74) is 0.352. The number of carbonyl (C=O) groups is 1. The van der Waals surface area contributed by atoms with Crippen LogP contribution in [0.15, 0.2) is 21.6 Å². The number of rotatable bonds is 4. The maximum atomic E-state index is 13.0. The van der Waals surface area contributed by atoms with Crippen LogP contribution < -0.4 is 9.64 Å². The normalized spacial score (nSPS) is 18.1. The summed E-state index contributed by atoms with van der Waals surface area (Å²) in [6.45, 7) is 2.61. The van der Waals surface area contributed by atoms with Crippen molar-refractivity contribution in [1.29, 1.82) is 0 Å². The number of morpholine rings is 1. The molecule has 1 amide bonds. The Labute approximate surface area is 166 Å². The maximum Gasteiger partial charge on any atom is 0.265 e. The number of aryl methyl sites for hydroxylation is 1. The van der Waals surface area contributed by atoms with Crippen LogP contribution in [0.3, 0.4) is 0 Å². The Bertz CT molecular complexity index is 1020. The molecule has 2 aliphatic heterocycles. The lowest BCUT2D eigenvalue weighted by Gasteiger charge is -2.30. The smallest absolute Gasteiger partial charge is 0.265 e. The standard InChI is InChI=1S/C16H17ClN4O6S/c1-10-18-15(19-27-10)8-21-12-6-11(17)14(7-13(12)26-9-16(21)22)28(23,24)20-2-4-25-5-3-20/h6-7H,2-5,8-9H2,1H3. The lowest BCUT2D eigenvalue weighted by molar-refractivity contribution is -0.121. The van der Waals surface area contributed by atoms with Gasteiger partial charge in [-0.1, -0.05) is 16.8 Å². The first-order valence-electron chi connectivity index (χ1n) is 8.50. The van der Waals surface area contributed by atoms with Crippen molar-refractivity contribution >= 4 is 33.2 Å². The molecule has 2 aliphatic rings. The van der Waals surface area contributed by atoms with Gasteiger partial charge < -0.3 is 14.0 Å². The highest BCUT2D eigenvalue weighted by atomic mass is 35.5. The molecule has 1 aromatic heterocycles. The van der Waals surface area contributed by atoms with Crippen molar-refractivity contribution in [3.63, 3.8) is 0 Å². The van der Waals surface area contributed by atoms with Crippen LogP contribution in [0.1, 0.15) is 11.7 Å². The van der Waals surface area contributed by atoms with Crippen LogP contribution in [0, 0.1) is 6.92 Å². The summed E-state index contributed by atoms with van der Waals surface area (Å²) < 4.78 is 42.8. The quantitative estimate of drug-likeness (QED) is 0.707. The van der Waals surface area contributed by atoms with E-state index in [4.69, 9.17) is 25.6 Å². The van der Waals surface area contributed by atoms with Crippen LogP contribution in [0.5, 0.6) is 5.75 Å². The number of benzene rings is 1. The van der Waals surface area contributed by atoms with Gasteiger partial charge in [0.25, 0.3) is 5.91 Å². The van der Waals surface area contributed by atoms with Gasteiger partial charge in [-0.2, -0.15) is 9.29 Å². The molecule has 0 radical (unpaired) electrons. The summed E-state index contributed by atoms with van der Waals surface area (Å²) in [4.78, 5) is 17.8. The van der Waals surface area contributed by atoms with Crippen LogP contribution in [-0.2, 0) is 26.1 Å². The molecule has 10 nitrogen and oxygen atoms in total. The molecule has 4 rings (SSSR count). The monoisotopic (exact) mass is 428 g/mol. The molecule has 0 unspecified atom stereocenters. The fraction of sp³-hybridized carbons (Fsp3) is 0.438. The minimum atomic E-state index is -3.81. The number of fused-ring (bicyclic) bond motifs is 1. The Morgan fingerprint density at radius 1 is 1.25 bits per heavy atom. The number of aromatic nitrogens is 2. The molecule has 28 heavy (non-hydrogen) atoms. The molecule has 12 heteroatoms. The molecule has 150 valence electrons. The third-order valence-corrected chi connectivity index (χ3v) is 6.78. The highest BCUT2D eigenvalue weighted by Gasteiger charge is 2.33. The first-order valence-corrected chi connectivity index (χ1v) is 10.3. The SMILES string of the molecule is Cc1nc(CN2C(=O)COc3cc(S(=O)(=O)N4CCOCC4)c(Cl)cc32)no1. The van der Waals surface area contributed by atoms with Gasteiger partial charge in [-0.25, -0.2) is 8.42 Å². The van der Waals surface area contributed by atoms with Gasteiger partial charge in [-0.15, -0.1) is 0 Å². The molecule has 0 saturated carbocycles. The predicted octanol–water partition coefficient (Wildman–Crippen LogP) is 0.978.